The number of hydrogen-bond acceptors (Lipinski definition) is 5. The SMILES string of the molecule is CCOc1cccc(-c2nc(C3(N)CCCC3)no2)c1.Cl. The molecule has 0 spiro atoms. The van der Waals surface area contributed by atoms with E-state index in [-0.39, 0.29) is 12.4 Å². The van der Waals surface area contributed by atoms with E-state index in [1.807, 2.05) is 31.2 Å². The zero-order valence-corrected chi connectivity index (χ0v) is 12.9. The second-order valence-electron chi connectivity index (χ2n) is 5.25. The van der Waals surface area contributed by atoms with E-state index < -0.39 is 5.54 Å². The fourth-order valence-electron chi connectivity index (χ4n) is 2.66. The van der Waals surface area contributed by atoms with Crippen molar-refractivity contribution < 1.29 is 9.26 Å². The van der Waals surface area contributed by atoms with Crippen molar-refractivity contribution in [2.24, 2.45) is 5.73 Å². The van der Waals surface area contributed by atoms with Crippen LogP contribution in [-0.2, 0) is 5.54 Å². The van der Waals surface area contributed by atoms with E-state index in [9.17, 15) is 0 Å². The summed E-state index contributed by atoms with van der Waals surface area (Å²) in [6, 6.07) is 7.65. The average Bonchev–Trinajstić information content (AvgIpc) is 3.09. The highest BCUT2D eigenvalue weighted by Crippen LogP contribution is 2.35. The third-order valence-electron chi connectivity index (χ3n) is 3.76. The van der Waals surface area contributed by atoms with Gasteiger partial charge in [-0.1, -0.05) is 24.1 Å². The van der Waals surface area contributed by atoms with Gasteiger partial charge in [-0.05, 0) is 38.0 Å². The third kappa shape index (κ3) is 3.19. The molecule has 0 saturated heterocycles. The van der Waals surface area contributed by atoms with Crippen LogP contribution in [0.3, 0.4) is 0 Å². The first kappa shape index (κ1) is 15.8. The van der Waals surface area contributed by atoms with Gasteiger partial charge in [0.1, 0.15) is 5.75 Å². The molecular weight excluding hydrogens is 290 g/mol. The summed E-state index contributed by atoms with van der Waals surface area (Å²) in [4.78, 5) is 4.48. The molecule has 0 amide bonds. The molecule has 1 aromatic heterocycles. The standard InChI is InChI=1S/C15H19N3O2.ClH/c1-2-19-12-7-5-6-11(10-12)13-17-14(18-20-13)15(16)8-3-4-9-15;/h5-7,10H,2-4,8-9,16H2,1H3;1H. The van der Waals surface area contributed by atoms with Crippen molar-refractivity contribution >= 4 is 12.4 Å². The summed E-state index contributed by atoms with van der Waals surface area (Å²) in [5.74, 6) is 1.91. The molecule has 0 aliphatic heterocycles. The van der Waals surface area contributed by atoms with Gasteiger partial charge in [0.15, 0.2) is 5.82 Å². The van der Waals surface area contributed by atoms with E-state index in [1.54, 1.807) is 0 Å². The first-order valence-corrected chi connectivity index (χ1v) is 7.07. The topological polar surface area (TPSA) is 74.2 Å². The molecule has 1 aliphatic rings. The number of aromatic nitrogens is 2. The van der Waals surface area contributed by atoms with E-state index >= 15 is 0 Å². The molecule has 0 unspecified atom stereocenters. The molecule has 1 saturated carbocycles. The molecular formula is C15H20ClN3O2. The van der Waals surface area contributed by atoms with Crippen LogP contribution in [0.15, 0.2) is 28.8 Å². The Kier molecular flexibility index (Phi) is 4.85. The largest absolute Gasteiger partial charge is 0.494 e. The smallest absolute Gasteiger partial charge is 0.258 e. The molecule has 1 fully saturated rings. The van der Waals surface area contributed by atoms with Crippen LogP contribution in [-0.4, -0.2) is 16.7 Å². The molecule has 0 atom stereocenters. The molecule has 1 aromatic carbocycles. The summed E-state index contributed by atoms with van der Waals surface area (Å²) < 4.78 is 10.8. The van der Waals surface area contributed by atoms with Crippen molar-refractivity contribution in [1.29, 1.82) is 0 Å². The lowest BCUT2D eigenvalue weighted by atomic mass is 9.99. The van der Waals surface area contributed by atoms with Gasteiger partial charge in [0.25, 0.3) is 5.89 Å². The monoisotopic (exact) mass is 309 g/mol. The first-order valence-electron chi connectivity index (χ1n) is 7.07. The quantitative estimate of drug-likeness (QED) is 0.938. The van der Waals surface area contributed by atoms with E-state index in [1.165, 1.54) is 0 Å². The lowest BCUT2D eigenvalue weighted by Crippen LogP contribution is -2.34. The molecule has 2 N–H and O–H groups in total. The highest BCUT2D eigenvalue weighted by molar-refractivity contribution is 5.85. The molecule has 1 heterocycles. The van der Waals surface area contributed by atoms with Crippen LogP contribution in [0.5, 0.6) is 5.75 Å². The summed E-state index contributed by atoms with van der Waals surface area (Å²) >= 11 is 0. The molecule has 2 aromatic rings. The van der Waals surface area contributed by atoms with Crippen molar-refractivity contribution in [2.45, 2.75) is 38.1 Å². The Balaban J connectivity index is 0.00000161. The van der Waals surface area contributed by atoms with Crippen LogP contribution >= 0.6 is 12.4 Å². The Morgan fingerprint density at radius 1 is 1.33 bits per heavy atom. The van der Waals surface area contributed by atoms with Gasteiger partial charge < -0.3 is 15.0 Å². The third-order valence-corrected chi connectivity index (χ3v) is 3.76. The molecule has 1 aliphatic carbocycles. The predicted octanol–water partition coefficient (Wildman–Crippen LogP) is 3.29. The first-order chi connectivity index (χ1) is 9.71. The second kappa shape index (κ2) is 6.45. The summed E-state index contributed by atoms with van der Waals surface area (Å²) in [6.07, 6.45) is 4.09. The Bertz CT molecular complexity index is 594. The fraction of sp³-hybridized carbons (Fsp3) is 0.467. The normalized spacial score (nSPS) is 16.5. The number of hydrogen-bond donors (Lipinski definition) is 1. The molecule has 3 rings (SSSR count). The highest BCUT2D eigenvalue weighted by atomic mass is 35.5. The minimum Gasteiger partial charge on any atom is -0.494 e. The molecule has 0 radical (unpaired) electrons. The van der Waals surface area contributed by atoms with Crippen LogP contribution < -0.4 is 10.5 Å². The van der Waals surface area contributed by atoms with E-state index in [4.69, 9.17) is 15.0 Å². The summed E-state index contributed by atoms with van der Waals surface area (Å²) in [5, 5.41) is 4.07. The van der Waals surface area contributed by atoms with Gasteiger partial charge in [0.2, 0.25) is 0 Å². The van der Waals surface area contributed by atoms with Gasteiger partial charge in [0.05, 0.1) is 12.1 Å². The van der Waals surface area contributed by atoms with Gasteiger partial charge in [-0.15, -0.1) is 12.4 Å². The van der Waals surface area contributed by atoms with Crippen molar-refractivity contribution in [3.8, 4) is 17.2 Å². The molecule has 5 nitrogen and oxygen atoms in total. The van der Waals surface area contributed by atoms with Crippen molar-refractivity contribution in [3.63, 3.8) is 0 Å². The van der Waals surface area contributed by atoms with Crippen molar-refractivity contribution in [3.05, 3.63) is 30.1 Å². The number of halogens is 1. The zero-order chi connectivity index (χ0) is 14.0. The lowest BCUT2D eigenvalue weighted by Gasteiger charge is -2.17. The summed E-state index contributed by atoms with van der Waals surface area (Å²) in [6.45, 7) is 2.58. The molecule has 0 bridgehead atoms. The summed E-state index contributed by atoms with van der Waals surface area (Å²) in [5.41, 5.74) is 6.78. The van der Waals surface area contributed by atoms with Crippen LogP contribution in [0.2, 0.25) is 0 Å². The highest BCUT2D eigenvalue weighted by Gasteiger charge is 2.36. The Hall–Kier alpha value is -1.59. The van der Waals surface area contributed by atoms with Gasteiger partial charge in [-0.25, -0.2) is 0 Å². The predicted molar refractivity (Wildman–Crippen MR) is 82.5 cm³/mol. The van der Waals surface area contributed by atoms with Crippen LogP contribution in [0.25, 0.3) is 11.5 Å². The van der Waals surface area contributed by atoms with E-state index in [2.05, 4.69) is 10.1 Å². The van der Waals surface area contributed by atoms with Gasteiger partial charge in [-0.3, -0.25) is 0 Å². The molecule has 21 heavy (non-hydrogen) atoms. The second-order valence-corrected chi connectivity index (χ2v) is 5.25. The number of rotatable bonds is 4. The van der Waals surface area contributed by atoms with E-state index in [0.717, 1.165) is 37.0 Å². The van der Waals surface area contributed by atoms with Gasteiger partial charge in [0, 0.05) is 5.56 Å². The number of nitrogens with two attached hydrogens (primary N) is 1. The molecule has 6 heteroatoms. The fourth-order valence-corrected chi connectivity index (χ4v) is 2.66. The lowest BCUT2D eigenvalue weighted by molar-refractivity contribution is 0.340. The Morgan fingerprint density at radius 3 is 2.81 bits per heavy atom. The Labute approximate surface area is 130 Å². The summed E-state index contributed by atoms with van der Waals surface area (Å²) in [7, 11) is 0. The van der Waals surface area contributed by atoms with Gasteiger partial charge in [-0.2, -0.15) is 4.98 Å². The van der Waals surface area contributed by atoms with Crippen LogP contribution in [0.1, 0.15) is 38.4 Å². The van der Waals surface area contributed by atoms with Crippen LogP contribution in [0.4, 0.5) is 0 Å². The van der Waals surface area contributed by atoms with Gasteiger partial charge >= 0.3 is 0 Å². The van der Waals surface area contributed by atoms with Crippen molar-refractivity contribution in [1.82, 2.24) is 10.1 Å². The van der Waals surface area contributed by atoms with Crippen molar-refractivity contribution in [2.75, 3.05) is 6.61 Å². The minimum atomic E-state index is -0.417. The maximum absolute atomic E-state index is 6.34. The average molecular weight is 310 g/mol. The van der Waals surface area contributed by atoms with Crippen LogP contribution in [0, 0.1) is 0 Å². The number of ether oxygens (including phenoxy) is 1. The molecule has 114 valence electrons. The minimum absolute atomic E-state index is 0. The number of nitrogens with zero attached hydrogens (tertiary/aromatic N) is 2. The zero-order valence-electron chi connectivity index (χ0n) is 12.0. The maximum atomic E-state index is 6.34. The van der Waals surface area contributed by atoms with E-state index in [0.29, 0.717) is 18.3 Å². The maximum Gasteiger partial charge on any atom is 0.258 e. The number of benzene rings is 1. The Morgan fingerprint density at radius 2 is 2.10 bits per heavy atom.